The molecule has 7 heteroatoms. The number of rotatable bonds is 9. The molecule has 35 heavy (non-hydrogen) atoms. The molecule has 2 amide bonds. The van der Waals surface area contributed by atoms with Crippen molar-refractivity contribution in [2.75, 3.05) is 19.7 Å². The Hall–Kier alpha value is -2.67. The summed E-state index contributed by atoms with van der Waals surface area (Å²) in [4.78, 5) is 31.7. The van der Waals surface area contributed by atoms with Crippen LogP contribution in [-0.4, -0.2) is 47.4 Å². The van der Waals surface area contributed by atoms with Gasteiger partial charge in [-0.2, -0.15) is 0 Å². The normalized spacial score (nSPS) is 16.0. The van der Waals surface area contributed by atoms with E-state index >= 15 is 0 Å². The molecule has 0 saturated carbocycles. The second-order valence-corrected chi connectivity index (χ2v) is 10.3. The Bertz CT molecular complexity index is 1130. The summed E-state index contributed by atoms with van der Waals surface area (Å²) in [7, 11) is 0. The van der Waals surface area contributed by atoms with E-state index in [0.717, 1.165) is 29.5 Å². The van der Waals surface area contributed by atoms with Crippen molar-refractivity contribution in [1.29, 1.82) is 0 Å². The molecule has 4 rings (SSSR count). The molecule has 2 aromatic carbocycles. The first-order chi connectivity index (χ1) is 17.0. The van der Waals surface area contributed by atoms with Crippen LogP contribution in [0.2, 0.25) is 5.02 Å². The number of benzene rings is 2. The summed E-state index contributed by atoms with van der Waals surface area (Å²) in [6.07, 6.45) is 1.58. The number of ether oxygens (including phenoxy) is 1. The van der Waals surface area contributed by atoms with Gasteiger partial charge in [-0.15, -0.1) is 11.3 Å². The van der Waals surface area contributed by atoms with Gasteiger partial charge in [0.15, 0.2) is 0 Å². The summed E-state index contributed by atoms with van der Waals surface area (Å²) in [5.41, 5.74) is 3.19. The highest BCUT2D eigenvalue weighted by Gasteiger charge is 2.34. The number of fused-ring (bicyclic) bond motifs is 1. The zero-order chi connectivity index (χ0) is 24.8. The van der Waals surface area contributed by atoms with Crippen molar-refractivity contribution >= 4 is 34.8 Å². The summed E-state index contributed by atoms with van der Waals surface area (Å²) in [6.45, 7) is 4.96. The summed E-state index contributed by atoms with van der Waals surface area (Å²) >= 11 is 7.86. The second-order valence-electron chi connectivity index (χ2n) is 8.85. The van der Waals surface area contributed by atoms with Crippen LogP contribution in [0.1, 0.15) is 47.9 Å². The lowest BCUT2D eigenvalue weighted by atomic mass is 9.93. The van der Waals surface area contributed by atoms with Crippen LogP contribution in [-0.2, 0) is 27.4 Å². The van der Waals surface area contributed by atoms with E-state index in [1.165, 1.54) is 4.88 Å². The molecule has 1 aromatic heterocycles. The van der Waals surface area contributed by atoms with Crippen molar-refractivity contribution in [1.82, 2.24) is 9.80 Å². The molecular formula is C28H31ClN2O3S. The van der Waals surface area contributed by atoms with Gasteiger partial charge in [0, 0.05) is 22.5 Å². The van der Waals surface area contributed by atoms with Gasteiger partial charge in [-0.25, -0.2) is 0 Å². The lowest BCUT2D eigenvalue weighted by molar-refractivity contribution is -0.146. The quantitative estimate of drug-likeness (QED) is 0.370. The minimum absolute atomic E-state index is 0.0338. The molecule has 3 aromatic rings. The monoisotopic (exact) mass is 510 g/mol. The van der Waals surface area contributed by atoms with Crippen molar-refractivity contribution in [2.45, 2.75) is 45.4 Å². The molecule has 0 spiro atoms. The highest BCUT2D eigenvalue weighted by atomic mass is 35.5. The minimum Gasteiger partial charge on any atom is -0.367 e. The molecule has 0 fully saturated rings. The van der Waals surface area contributed by atoms with E-state index in [9.17, 15) is 9.59 Å². The molecule has 1 aliphatic heterocycles. The fraction of sp³-hybridized carbons (Fsp3) is 0.357. The molecule has 184 valence electrons. The van der Waals surface area contributed by atoms with E-state index in [4.69, 9.17) is 16.3 Å². The summed E-state index contributed by atoms with van der Waals surface area (Å²) in [5, 5.41) is 2.75. The van der Waals surface area contributed by atoms with Gasteiger partial charge in [0.05, 0.1) is 12.6 Å². The maximum absolute atomic E-state index is 13.7. The van der Waals surface area contributed by atoms with Crippen LogP contribution in [0.25, 0.3) is 0 Å². The number of thiophene rings is 1. The van der Waals surface area contributed by atoms with Gasteiger partial charge < -0.3 is 14.5 Å². The summed E-state index contributed by atoms with van der Waals surface area (Å²) in [5.74, 6) is -0.224. The predicted molar refractivity (Wildman–Crippen MR) is 141 cm³/mol. The molecule has 0 saturated heterocycles. The molecule has 2 unspecified atom stereocenters. The van der Waals surface area contributed by atoms with E-state index in [0.29, 0.717) is 18.2 Å². The predicted octanol–water partition coefficient (Wildman–Crippen LogP) is 5.72. The van der Waals surface area contributed by atoms with E-state index in [2.05, 4.69) is 11.4 Å². The third-order valence-corrected chi connectivity index (χ3v) is 7.81. The van der Waals surface area contributed by atoms with Crippen molar-refractivity contribution in [3.05, 3.63) is 92.6 Å². The maximum atomic E-state index is 13.7. The van der Waals surface area contributed by atoms with Crippen LogP contribution in [0.3, 0.4) is 0 Å². The van der Waals surface area contributed by atoms with E-state index < -0.39 is 0 Å². The first-order valence-corrected chi connectivity index (χ1v) is 13.3. The Labute approximate surface area is 216 Å². The molecule has 0 radical (unpaired) electrons. The first kappa shape index (κ1) is 25.4. The number of amides is 2. The van der Waals surface area contributed by atoms with Gasteiger partial charge in [-0.05, 0) is 60.0 Å². The number of carbonyl (C=O) groups excluding carboxylic acids is 2. The largest absolute Gasteiger partial charge is 0.367 e. The highest BCUT2D eigenvalue weighted by molar-refractivity contribution is 7.10. The topological polar surface area (TPSA) is 49.9 Å². The molecule has 1 aliphatic rings. The zero-order valence-electron chi connectivity index (χ0n) is 20.2. The van der Waals surface area contributed by atoms with Crippen molar-refractivity contribution in [2.24, 2.45) is 0 Å². The lowest BCUT2D eigenvalue weighted by Crippen LogP contribution is -2.50. The van der Waals surface area contributed by atoms with Gasteiger partial charge in [-0.3, -0.25) is 9.59 Å². The number of nitrogens with zero attached hydrogens (tertiary/aromatic N) is 2. The van der Waals surface area contributed by atoms with Crippen LogP contribution in [0.5, 0.6) is 0 Å². The number of halogens is 1. The fourth-order valence-corrected chi connectivity index (χ4v) is 5.48. The summed E-state index contributed by atoms with van der Waals surface area (Å²) in [6, 6.07) is 19.3. The highest BCUT2D eigenvalue weighted by Crippen LogP contribution is 2.38. The zero-order valence-corrected chi connectivity index (χ0v) is 21.7. The third kappa shape index (κ3) is 6.13. The lowest BCUT2D eigenvalue weighted by Gasteiger charge is -2.38. The molecule has 0 N–H and O–H groups in total. The number of hydrogen-bond donors (Lipinski definition) is 0. The van der Waals surface area contributed by atoms with Crippen LogP contribution in [0.15, 0.2) is 66.0 Å². The maximum Gasteiger partial charge on any atom is 0.249 e. The Balaban J connectivity index is 1.49. The average Bonchev–Trinajstić information content (AvgIpc) is 3.36. The molecule has 2 atom stereocenters. The van der Waals surface area contributed by atoms with Gasteiger partial charge in [0.25, 0.3) is 0 Å². The second kappa shape index (κ2) is 11.8. The molecule has 0 aliphatic carbocycles. The van der Waals surface area contributed by atoms with Gasteiger partial charge in [0.1, 0.15) is 13.2 Å². The van der Waals surface area contributed by atoms with Gasteiger partial charge >= 0.3 is 0 Å². The molecular weight excluding hydrogens is 480 g/mol. The van der Waals surface area contributed by atoms with E-state index in [1.807, 2.05) is 73.3 Å². The van der Waals surface area contributed by atoms with Crippen molar-refractivity contribution in [3.63, 3.8) is 0 Å². The Kier molecular flexibility index (Phi) is 8.60. The number of carbonyl (C=O) groups is 2. The van der Waals surface area contributed by atoms with E-state index in [1.54, 1.807) is 16.2 Å². The minimum atomic E-state index is -0.182. The average molecular weight is 511 g/mol. The van der Waals surface area contributed by atoms with Crippen LogP contribution in [0, 0.1) is 0 Å². The van der Waals surface area contributed by atoms with Gasteiger partial charge in [-0.1, -0.05) is 61.0 Å². The fourth-order valence-electron chi connectivity index (χ4n) is 4.45. The van der Waals surface area contributed by atoms with Crippen LogP contribution >= 0.6 is 22.9 Å². The SMILES string of the molecule is CCC(C)N(CC(=O)N1CCc2sccc2C1c1ccc(Cl)cc1)C(=O)COCc1ccccc1. The van der Waals surface area contributed by atoms with E-state index in [-0.39, 0.29) is 37.0 Å². The Morgan fingerprint density at radius 3 is 2.60 bits per heavy atom. The first-order valence-electron chi connectivity index (χ1n) is 12.0. The smallest absolute Gasteiger partial charge is 0.249 e. The van der Waals surface area contributed by atoms with Crippen LogP contribution in [0.4, 0.5) is 0 Å². The number of hydrogen-bond acceptors (Lipinski definition) is 4. The summed E-state index contributed by atoms with van der Waals surface area (Å²) < 4.78 is 5.69. The third-order valence-electron chi connectivity index (χ3n) is 6.56. The standard InChI is InChI=1S/C28H31ClN2O3S/c1-3-20(2)31(27(33)19-34-18-21-7-5-4-6-8-21)17-26(32)30-15-13-25-24(14-16-35-25)28(30)22-9-11-23(29)12-10-22/h4-12,14,16,20,28H,3,13,15,17-19H2,1-2H3. The molecule has 2 heterocycles. The molecule has 0 bridgehead atoms. The van der Waals surface area contributed by atoms with Crippen molar-refractivity contribution in [3.8, 4) is 0 Å². The Morgan fingerprint density at radius 1 is 1.14 bits per heavy atom. The molecule has 5 nitrogen and oxygen atoms in total. The van der Waals surface area contributed by atoms with Gasteiger partial charge in [0.2, 0.25) is 11.8 Å². The van der Waals surface area contributed by atoms with Crippen molar-refractivity contribution < 1.29 is 14.3 Å². The van der Waals surface area contributed by atoms with Crippen LogP contribution < -0.4 is 0 Å². The Morgan fingerprint density at radius 2 is 1.89 bits per heavy atom.